The molecule has 0 aliphatic rings. The SMILES string of the molecule is CCCCCCCCCCCCCCCCCC/C(O)=C(\C)C(=O)O.O=P(O)(O)O. The number of aliphatic hydroxyl groups excluding tert-OH is 1. The Morgan fingerprint density at radius 2 is 0.900 bits per heavy atom. The summed E-state index contributed by atoms with van der Waals surface area (Å²) in [5.74, 6) is -0.980. The van der Waals surface area contributed by atoms with Crippen molar-refractivity contribution in [2.45, 2.75) is 123 Å². The second-order valence-corrected chi connectivity index (χ2v) is 8.97. The molecule has 0 aromatic rings. The fourth-order valence-electron chi connectivity index (χ4n) is 3.15. The van der Waals surface area contributed by atoms with E-state index in [0.717, 1.165) is 12.8 Å². The molecular formula is C22H45O7P. The number of carbonyl (C=O) groups is 1. The molecule has 0 amide bonds. The molecule has 0 aromatic heterocycles. The van der Waals surface area contributed by atoms with Crippen LogP contribution >= 0.6 is 7.82 Å². The maximum absolute atomic E-state index is 10.7. The number of rotatable bonds is 18. The van der Waals surface area contributed by atoms with Crippen molar-refractivity contribution in [1.29, 1.82) is 0 Å². The Kier molecular flexibility index (Phi) is 22.3. The maximum atomic E-state index is 10.7. The van der Waals surface area contributed by atoms with E-state index in [1.807, 2.05) is 0 Å². The molecular weight excluding hydrogens is 407 g/mol. The lowest BCUT2D eigenvalue weighted by molar-refractivity contribution is -0.132. The summed E-state index contributed by atoms with van der Waals surface area (Å²) in [7, 11) is -4.64. The van der Waals surface area contributed by atoms with Crippen molar-refractivity contribution in [3.63, 3.8) is 0 Å². The predicted octanol–water partition coefficient (Wildman–Crippen LogP) is 6.63. The van der Waals surface area contributed by atoms with Crippen molar-refractivity contribution in [2.75, 3.05) is 0 Å². The van der Waals surface area contributed by atoms with Crippen molar-refractivity contribution in [3.05, 3.63) is 11.3 Å². The number of hydrogen-bond donors (Lipinski definition) is 5. The quantitative estimate of drug-likeness (QED) is 0.0682. The molecule has 0 rings (SSSR count). The van der Waals surface area contributed by atoms with E-state index in [1.54, 1.807) is 0 Å². The maximum Gasteiger partial charge on any atom is 0.466 e. The molecule has 7 nitrogen and oxygen atoms in total. The van der Waals surface area contributed by atoms with Gasteiger partial charge < -0.3 is 24.9 Å². The molecule has 180 valence electrons. The van der Waals surface area contributed by atoms with Crippen LogP contribution in [-0.2, 0) is 9.36 Å². The summed E-state index contributed by atoms with van der Waals surface area (Å²) in [5, 5.41) is 18.4. The van der Waals surface area contributed by atoms with Gasteiger partial charge in [0.25, 0.3) is 0 Å². The van der Waals surface area contributed by atoms with E-state index in [-0.39, 0.29) is 11.3 Å². The number of hydrogen-bond acceptors (Lipinski definition) is 3. The van der Waals surface area contributed by atoms with Crippen LogP contribution in [0.1, 0.15) is 123 Å². The van der Waals surface area contributed by atoms with E-state index in [0.29, 0.717) is 6.42 Å². The molecule has 0 heterocycles. The minimum atomic E-state index is -4.64. The third kappa shape index (κ3) is 29.3. The highest BCUT2D eigenvalue weighted by Gasteiger charge is 2.07. The molecule has 0 aliphatic carbocycles. The van der Waals surface area contributed by atoms with Crippen molar-refractivity contribution in [3.8, 4) is 0 Å². The molecule has 0 fully saturated rings. The summed E-state index contributed by atoms with van der Waals surface area (Å²) >= 11 is 0. The zero-order chi connectivity index (χ0) is 23.3. The first-order chi connectivity index (χ1) is 14.1. The highest BCUT2D eigenvalue weighted by Crippen LogP contribution is 2.25. The molecule has 0 spiro atoms. The van der Waals surface area contributed by atoms with E-state index in [9.17, 15) is 9.90 Å². The van der Waals surface area contributed by atoms with Crippen LogP contribution in [0.25, 0.3) is 0 Å². The topological polar surface area (TPSA) is 135 Å². The molecule has 0 unspecified atom stereocenters. The molecule has 0 radical (unpaired) electrons. The Balaban J connectivity index is 0. The van der Waals surface area contributed by atoms with Gasteiger partial charge in [-0.25, -0.2) is 9.36 Å². The fourth-order valence-corrected chi connectivity index (χ4v) is 3.15. The average molecular weight is 453 g/mol. The second-order valence-electron chi connectivity index (χ2n) is 7.94. The number of aliphatic carboxylic acids is 1. The minimum absolute atomic E-state index is 0.0397. The first kappa shape index (κ1) is 31.3. The highest BCUT2D eigenvalue weighted by molar-refractivity contribution is 7.45. The normalized spacial score (nSPS) is 12.2. The number of phosphoric acid groups is 1. The van der Waals surface area contributed by atoms with Crippen molar-refractivity contribution in [1.82, 2.24) is 0 Å². The van der Waals surface area contributed by atoms with Gasteiger partial charge in [0.2, 0.25) is 0 Å². The number of allylic oxidation sites excluding steroid dienone is 1. The standard InChI is InChI=1S/C22H42O3.H3O4P/c1-3-4-5-6-7-8-9-10-11-12-13-14-15-16-17-18-19-21(23)20(2)22(24)25;1-5(2,3)4/h23H,3-19H2,1-2H3,(H,24,25);(H3,1,2,3,4)/b21-20-;. The van der Waals surface area contributed by atoms with Gasteiger partial charge in [-0.3, -0.25) is 0 Å². The third-order valence-electron chi connectivity index (χ3n) is 5.02. The molecule has 0 saturated heterocycles. The zero-order valence-electron chi connectivity index (χ0n) is 19.0. The monoisotopic (exact) mass is 452 g/mol. The molecule has 0 aliphatic heterocycles. The van der Waals surface area contributed by atoms with Crippen molar-refractivity contribution in [2.24, 2.45) is 0 Å². The molecule has 30 heavy (non-hydrogen) atoms. The summed E-state index contributed by atoms with van der Waals surface area (Å²) in [6.07, 6.45) is 21.6. The van der Waals surface area contributed by atoms with E-state index in [1.165, 1.54) is 96.8 Å². The van der Waals surface area contributed by atoms with Gasteiger partial charge in [-0.15, -0.1) is 0 Å². The van der Waals surface area contributed by atoms with Gasteiger partial charge in [-0.05, 0) is 13.3 Å². The molecule has 5 N–H and O–H groups in total. The predicted molar refractivity (Wildman–Crippen MR) is 121 cm³/mol. The Bertz CT molecular complexity index is 478. The van der Waals surface area contributed by atoms with Crippen LogP contribution in [0.3, 0.4) is 0 Å². The summed E-state index contributed by atoms with van der Waals surface area (Å²) in [6, 6.07) is 0. The van der Waals surface area contributed by atoms with Gasteiger partial charge in [0, 0.05) is 6.42 Å². The number of carboxylic acid groups (broad SMARTS) is 1. The van der Waals surface area contributed by atoms with Gasteiger partial charge in [0.1, 0.15) is 5.76 Å². The number of carboxylic acids is 1. The van der Waals surface area contributed by atoms with Crippen LogP contribution in [0.5, 0.6) is 0 Å². The van der Waals surface area contributed by atoms with Gasteiger partial charge in [-0.2, -0.15) is 0 Å². The first-order valence-corrected chi connectivity index (χ1v) is 13.1. The molecule has 8 heteroatoms. The zero-order valence-corrected chi connectivity index (χ0v) is 19.9. The smallest absolute Gasteiger partial charge is 0.466 e. The Morgan fingerprint density at radius 1 is 0.633 bits per heavy atom. The van der Waals surface area contributed by atoms with Crippen LogP contribution in [0, 0.1) is 0 Å². The third-order valence-corrected chi connectivity index (χ3v) is 5.02. The first-order valence-electron chi connectivity index (χ1n) is 11.5. The molecule has 0 atom stereocenters. The lowest BCUT2D eigenvalue weighted by Gasteiger charge is -2.04. The van der Waals surface area contributed by atoms with Gasteiger partial charge in [0.15, 0.2) is 0 Å². The van der Waals surface area contributed by atoms with E-state index in [4.69, 9.17) is 24.4 Å². The largest absolute Gasteiger partial charge is 0.512 e. The minimum Gasteiger partial charge on any atom is -0.512 e. The van der Waals surface area contributed by atoms with Gasteiger partial charge in [0.05, 0.1) is 5.57 Å². The number of aliphatic hydroxyl groups is 1. The summed E-state index contributed by atoms with van der Waals surface area (Å²) < 4.78 is 8.88. The Morgan fingerprint density at radius 3 is 1.17 bits per heavy atom. The summed E-state index contributed by atoms with van der Waals surface area (Å²) in [4.78, 5) is 32.3. The van der Waals surface area contributed by atoms with Gasteiger partial charge >= 0.3 is 13.8 Å². The number of unbranched alkanes of at least 4 members (excludes halogenated alkanes) is 15. The van der Waals surface area contributed by atoms with E-state index < -0.39 is 13.8 Å². The van der Waals surface area contributed by atoms with Crippen LogP contribution < -0.4 is 0 Å². The lowest BCUT2D eigenvalue weighted by atomic mass is 10.0. The molecule has 0 bridgehead atoms. The summed E-state index contributed by atoms with van der Waals surface area (Å²) in [6.45, 7) is 3.73. The van der Waals surface area contributed by atoms with E-state index >= 15 is 0 Å². The van der Waals surface area contributed by atoms with Crippen LogP contribution in [0.2, 0.25) is 0 Å². The van der Waals surface area contributed by atoms with Crippen LogP contribution in [-0.4, -0.2) is 30.9 Å². The highest BCUT2D eigenvalue weighted by atomic mass is 31.2. The molecule has 0 saturated carbocycles. The van der Waals surface area contributed by atoms with E-state index in [2.05, 4.69) is 6.92 Å². The fraction of sp³-hybridized carbons (Fsp3) is 0.864. The lowest BCUT2D eigenvalue weighted by Crippen LogP contribution is -2.01. The van der Waals surface area contributed by atoms with Crippen LogP contribution in [0.15, 0.2) is 11.3 Å². The molecule has 0 aromatic carbocycles. The van der Waals surface area contributed by atoms with Crippen molar-refractivity contribution < 1.29 is 34.3 Å². The Labute approximate surface area is 182 Å². The second kappa shape index (κ2) is 21.4. The van der Waals surface area contributed by atoms with Crippen molar-refractivity contribution >= 4 is 13.8 Å². The summed E-state index contributed by atoms with van der Waals surface area (Å²) in [5.41, 5.74) is 0.0842. The Hall–Kier alpha value is -0.880. The van der Waals surface area contributed by atoms with Gasteiger partial charge in [-0.1, -0.05) is 103 Å². The average Bonchev–Trinajstić information content (AvgIpc) is 2.65. The van der Waals surface area contributed by atoms with Crippen LogP contribution in [0.4, 0.5) is 0 Å².